The van der Waals surface area contributed by atoms with Crippen LogP contribution in [0.5, 0.6) is 0 Å². The molecule has 1 aromatic carbocycles. The highest BCUT2D eigenvalue weighted by Crippen LogP contribution is 2.60. The zero-order chi connectivity index (χ0) is 25.8. The number of aliphatic hydroxyl groups excluding tert-OH is 2. The predicted octanol–water partition coefficient (Wildman–Crippen LogP) is 3.62. The summed E-state index contributed by atoms with van der Waals surface area (Å²) in [7, 11) is 0. The van der Waals surface area contributed by atoms with E-state index >= 15 is 0 Å². The Balaban J connectivity index is 1.23. The number of nitriles is 1. The number of rotatable bonds is 12. The van der Waals surface area contributed by atoms with Crippen LogP contribution in [0.2, 0.25) is 0 Å². The number of hydrogen-bond acceptors (Lipinski definition) is 9. The molecule has 4 bridgehead atoms. The van der Waals surface area contributed by atoms with E-state index in [-0.39, 0.29) is 12.0 Å². The fraction of sp³-hybridized carbons (Fsp3) is 0.607. The summed E-state index contributed by atoms with van der Waals surface area (Å²) in [4.78, 5) is 10.3. The fourth-order valence-electron chi connectivity index (χ4n) is 7.24. The van der Waals surface area contributed by atoms with Crippen LogP contribution >= 0.6 is 11.8 Å². The molecule has 4 fully saturated rings. The van der Waals surface area contributed by atoms with Crippen molar-refractivity contribution in [2.75, 3.05) is 36.6 Å². The third-order valence-corrected chi connectivity index (χ3v) is 9.46. The molecule has 8 nitrogen and oxygen atoms in total. The monoisotopic (exact) mass is 522 g/mol. The molecule has 1 heterocycles. The molecular weight excluding hydrogens is 484 g/mol. The van der Waals surface area contributed by atoms with Crippen molar-refractivity contribution >= 4 is 23.5 Å². The van der Waals surface area contributed by atoms with Gasteiger partial charge in [0.05, 0.1) is 12.3 Å². The summed E-state index contributed by atoms with van der Waals surface area (Å²) in [6, 6.07) is 11.0. The lowest BCUT2D eigenvalue weighted by Gasteiger charge is -2.60. The van der Waals surface area contributed by atoms with Crippen LogP contribution < -0.4 is 16.0 Å². The Morgan fingerprint density at radius 3 is 2.70 bits per heavy atom. The Morgan fingerprint density at radius 1 is 1.19 bits per heavy atom. The molecule has 5 N–H and O–H groups in total. The van der Waals surface area contributed by atoms with Crippen LogP contribution in [0.15, 0.2) is 35.4 Å². The van der Waals surface area contributed by atoms with Gasteiger partial charge in [-0.1, -0.05) is 18.2 Å². The number of nitrogens with one attached hydrogen (secondary N) is 3. The van der Waals surface area contributed by atoms with Crippen molar-refractivity contribution in [3.63, 3.8) is 0 Å². The molecule has 4 saturated carbocycles. The Bertz CT molecular complexity index is 1110. The summed E-state index contributed by atoms with van der Waals surface area (Å²) < 4.78 is 0. The molecule has 1 aromatic heterocycles. The number of benzene rings is 1. The largest absolute Gasteiger partial charge is 0.396 e. The Hall–Kier alpha value is -2.38. The van der Waals surface area contributed by atoms with Crippen molar-refractivity contribution in [2.45, 2.75) is 62.1 Å². The first-order valence-corrected chi connectivity index (χ1v) is 14.6. The average molecular weight is 523 g/mol. The molecule has 0 saturated heterocycles. The minimum absolute atomic E-state index is 0.0211. The van der Waals surface area contributed by atoms with Gasteiger partial charge < -0.3 is 26.2 Å². The number of nitrogens with zero attached hydrogens (tertiary/aromatic N) is 3. The van der Waals surface area contributed by atoms with E-state index in [0.717, 1.165) is 25.3 Å². The molecule has 9 heteroatoms. The molecular formula is C28H38N6O2S. The standard InChI is InChI=1S/C28H38N6O2S/c1-37-24-5-3-2-4-19(24)14-31-27-32-15-22(13-29)26(34-27)33-17-28-10-18-8-20(11-28)25(21(9-18)12-28)30-16-23(36)6-7-35/h2-5,15,18,20-21,23,25,30,35-36H,6-12,14,16-17H2,1H3,(H2,31,32,33,34)/t18?,20-,21+,23?,25?,28?. The van der Waals surface area contributed by atoms with Gasteiger partial charge in [0.1, 0.15) is 17.5 Å². The van der Waals surface area contributed by atoms with Gasteiger partial charge in [0.15, 0.2) is 0 Å². The van der Waals surface area contributed by atoms with E-state index < -0.39 is 6.10 Å². The second kappa shape index (κ2) is 11.6. The van der Waals surface area contributed by atoms with E-state index in [1.807, 2.05) is 12.1 Å². The van der Waals surface area contributed by atoms with Gasteiger partial charge in [0.25, 0.3) is 0 Å². The highest BCUT2D eigenvalue weighted by atomic mass is 32.2. The lowest BCUT2D eigenvalue weighted by atomic mass is 9.48. The number of hydrogen-bond donors (Lipinski definition) is 5. The molecule has 198 valence electrons. The summed E-state index contributed by atoms with van der Waals surface area (Å²) in [5.74, 6) is 3.12. The van der Waals surface area contributed by atoms with Gasteiger partial charge in [-0.15, -0.1) is 11.8 Å². The van der Waals surface area contributed by atoms with E-state index in [1.165, 1.54) is 29.7 Å². The second-order valence-electron chi connectivity index (χ2n) is 11.2. The molecule has 6 rings (SSSR count). The molecule has 2 aromatic rings. The number of thioether (sulfide) groups is 1. The zero-order valence-electron chi connectivity index (χ0n) is 21.5. The third kappa shape index (κ3) is 5.88. The Kier molecular flexibility index (Phi) is 8.20. The van der Waals surface area contributed by atoms with Crippen LogP contribution in [0.3, 0.4) is 0 Å². The fourth-order valence-corrected chi connectivity index (χ4v) is 7.86. The van der Waals surface area contributed by atoms with Crippen LogP contribution in [-0.4, -0.2) is 58.3 Å². The van der Waals surface area contributed by atoms with E-state index in [0.29, 0.717) is 54.7 Å². The summed E-state index contributed by atoms with van der Waals surface area (Å²) in [6.45, 7) is 2.01. The van der Waals surface area contributed by atoms with E-state index in [2.05, 4.69) is 50.4 Å². The predicted molar refractivity (Wildman–Crippen MR) is 146 cm³/mol. The quantitative estimate of drug-likeness (QED) is 0.266. The molecule has 4 aliphatic rings. The molecule has 0 amide bonds. The molecule has 0 spiro atoms. The molecule has 4 unspecified atom stereocenters. The van der Waals surface area contributed by atoms with Gasteiger partial charge in [-0.25, -0.2) is 4.98 Å². The van der Waals surface area contributed by atoms with Crippen molar-refractivity contribution in [1.29, 1.82) is 5.26 Å². The van der Waals surface area contributed by atoms with Crippen LogP contribution in [0.1, 0.15) is 49.7 Å². The molecule has 4 aliphatic carbocycles. The summed E-state index contributed by atoms with van der Waals surface area (Å²) in [6.07, 6.45) is 9.68. The summed E-state index contributed by atoms with van der Waals surface area (Å²) in [5.41, 5.74) is 1.89. The molecule has 37 heavy (non-hydrogen) atoms. The van der Waals surface area contributed by atoms with Crippen LogP contribution in [-0.2, 0) is 6.54 Å². The van der Waals surface area contributed by atoms with Crippen molar-refractivity contribution in [1.82, 2.24) is 15.3 Å². The lowest BCUT2D eigenvalue weighted by molar-refractivity contribution is -0.0714. The number of aromatic nitrogens is 2. The van der Waals surface area contributed by atoms with E-state index in [9.17, 15) is 10.4 Å². The normalized spacial score (nSPS) is 28.6. The highest BCUT2D eigenvalue weighted by Gasteiger charge is 2.55. The van der Waals surface area contributed by atoms with Gasteiger partial charge in [0, 0.05) is 37.2 Å². The van der Waals surface area contributed by atoms with Gasteiger partial charge in [-0.3, -0.25) is 0 Å². The maximum Gasteiger partial charge on any atom is 0.224 e. The summed E-state index contributed by atoms with van der Waals surface area (Å²) >= 11 is 1.72. The maximum atomic E-state index is 10.1. The Labute approximate surface area is 223 Å². The van der Waals surface area contributed by atoms with Crippen LogP contribution in [0, 0.1) is 34.5 Å². The van der Waals surface area contributed by atoms with Crippen LogP contribution in [0.25, 0.3) is 0 Å². The van der Waals surface area contributed by atoms with Gasteiger partial charge >= 0.3 is 0 Å². The van der Waals surface area contributed by atoms with Crippen molar-refractivity contribution in [3.05, 3.63) is 41.6 Å². The van der Waals surface area contributed by atoms with Crippen molar-refractivity contribution in [3.8, 4) is 6.07 Å². The third-order valence-electron chi connectivity index (χ3n) is 8.62. The second-order valence-corrected chi connectivity index (χ2v) is 12.0. The minimum atomic E-state index is -0.489. The zero-order valence-corrected chi connectivity index (χ0v) is 22.3. The first kappa shape index (κ1) is 26.2. The maximum absolute atomic E-state index is 10.1. The topological polar surface area (TPSA) is 126 Å². The molecule has 6 atom stereocenters. The minimum Gasteiger partial charge on any atom is -0.396 e. The Morgan fingerprint density at radius 2 is 1.97 bits per heavy atom. The number of aliphatic hydroxyl groups is 2. The van der Waals surface area contributed by atoms with Crippen molar-refractivity contribution in [2.24, 2.45) is 23.2 Å². The van der Waals surface area contributed by atoms with Crippen LogP contribution in [0.4, 0.5) is 11.8 Å². The van der Waals surface area contributed by atoms with Gasteiger partial charge in [-0.05, 0) is 79.6 Å². The van der Waals surface area contributed by atoms with E-state index in [1.54, 1.807) is 18.0 Å². The SMILES string of the molecule is CSc1ccccc1CNc1ncc(C#N)c(NCC23CC4C[C@H](C2)C(NCC(O)CCO)[C@@H](C4)C3)n1. The van der Waals surface area contributed by atoms with E-state index in [4.69, 9.17) is 5.11 Å². The first-order chi connectivity index (χ1) is 18.0. The smallest absolute Gasteiger partial charge is 0.224 e. The summed E-state index contributed by atoms with van der Waals surface area (Å²) in [5, 5.41) is 39.4. The highest BCUT2D eigenvalue weighted by molar-refractivity contribution is 7.98. The first-order valence-electron chi connectivity index (χ1n) is 13.4. The van der Waals surface area contributed by atoms with Gasteiger partial charge in [-0.2, -0.15) is 10.2 Å². The lowest BCUT2D eigenvalue weighted by Crippen LogP contribution is -2.60. The average Bonchev–Trinajstić information content (AvgIpc) is 2.90. The van der Waals surface area contributed by atoms with Crippen molar-refractivity contribution < 1.29 is 10.2 Å². The van der Waals surface area contributed by atoms with Gasteiger partial charge in [0.2, 0.25) is 5.95 Å². The number of anilines is 2. The molecule has 0 radical (unpaired) electrons. The molecule has 0 aliphatic heterocycles.